The molecule has 0 radical (unpaired) electrons. The van der Waals surface area contributed by atoms with Crippen molar-refractivity contribution < 1.29 is 19.2 Å². The molecule has 7 nitrogen and oxygen atoms in total. The maximum absolute atomic E-state index is 8.88. The normalized spacial score (nSPS) is 15.2. The molecule has 1 fully saturated rings. The molecular formula is C13H18N3O4P. The van der Waals surface area contributed by atoms with Crippen molar-refractivity contribution in [3.63, 3.8) is 0 Å². The first kappa shape index (κ1) is 17.3. The highest BCUT2D eigenvalue weighted by Crippen LogP contribution is 2.25. The Labute approximate surface area is 123 Å². The molecule has 0 saturated carbocycles. The Hall–Kier alpha value is -1.71. The van der Waals surface area contributed by atoms with Crippen LogP contribution in [0.5, 0.6) is 0 Å². The number of hydrogen-bond donors (Lipinski definition) is 3. The van der Waals surface area contributed by atoms with Crippen LogP contribution in [0.3, 0.4) is 0 Å². The van der Waals surface area contributed by atoms with E-state index in [1.807, 2.05) is 30.5 Å². The van der Waals surface area contributed by atoms with Gasteiger partial charge in [-0.05, 0) is 37.0 Å². The fraction of sp³-hybridized carbons (Fsp3) is 0.385. The Kier molecular flexibility index (Phi) is 7.06. The smallest absolute Gasteiger partial charge is 0.303 e. The summed E-state index contributed by atoms with van der Waals surface area (Å²) in [5.74, 6) is 0. The van der Waals surface area contributed by atoms with Gasteiger partial charge in [-0.25, -0.2) is 4.57 Å². The highest BCUT2D eigenvalue weighted by atomic mass is 31.2. The molecule has 0 bridgehead atoms. The summed E-state index contributed by atoms with van der Waals surface area (Å²) in [5.41, 5.74) is 1.74. The van der Waals surface area contributed by atoms with Crippen LogP contribution in [0.15, 0.2) is 29.4 Å². The number of hydrogen-bond acceptors (Lipinski definition) is 4. The zero-order valence-corrected chi connectivity index (χ0v) is 12.4. The number of nitriles is 1. The Morgan fingerprint density at radius 1 is 1.14 bits per heavy atom. The average molecular weight is 311 g/mol. The molecule has 0 unspecified atom stereocenters. The van der Waals surface area contributed by atoms with Crippen LogP contribution in [0.25, 0.3) is 0 Å². The van der Waals surface area contributed by atoms with Gasteiger partial charge in [0, 0.05) is 13.1 Å². The van der Waals surface area contributed by atoms with Gasteiger partial charge in [-0.3, -0.25) is 5.01 Å². The van der Waals surface area contributed by atoms with Crippen molar-refractivity contribution in [3.8, 4) is 6.07 Å². The molecule has 0 aliphatic carbocycles. The van der Waals surface area contributed by atoms with Crippen LogP contribution >= 0.6 is 7.82 Å². The molecule has 1 heterocycles. The lowest BCUT2D eigenvalue weighted by Gasteiger charge is -2.23. The van der Waals surface area contributed by atoms with E-state index in [4.69, 9.17) is 24.5 Å². The van der Waals surface area contributed by atoms with Gasteiger partial charge in [-0.15, -0.1) is 0 Å². The predicted molar refractivity (Wildman–Crippen MR) is 78.4 cm³/mol. The van der Waals surface area contributed by atoms with E-state index in [2.05, 4.69) is 16.2 Å². The number of nitrogens with zero attached hydrogens (tertiary/aromatic N) is 3. The Balaban J connectivity index is 0.000000383. The zero-order chi connectivity index (χ0) is 15.7. The van der Waals surface area contributed by atoms with Crippen molar-refractivity contribution >= 4 is 14.0 Å². The molecule has 3 N–H and O–H groups in total. The molecule has 1 aromatic rings. The molecule has 0 spiro atoms. The van der Waals surface area contributed by atoms with E-state index in [0.29, 0.717) is 5.56 Å². The van der Waals surface area contributed by atoms with Gasteiger partial charge < -0.3 is 14.7 Å². The van der Waals surface area contributed by atoms with E-state index >= 15 is 0 Å². The first-order valence-corrected chi connectivity index (χ1v) is 8.02. The van der Waals surface area contributed by atoms with Gasteiger partial charge in [0.05, 0.1) is 17.8 Å². The number of hydrazone groups is 1. The second-order valence-electron chi connectivity index (χ2n) is 4.51. The lowest BCUT2D eigenvalue weighted by atomic mass is 10.1. The van der Waals surface area contributed by atoms with Gasteiger partial charge in [-0.1, -0.05) is 12.1 Å². The molecule has 21 heavy (non-hydrogen) atoms. The Morgan fingerprint density at radius 3 is 2.14 bits per heavy atom. The minimum atomic E-state index is -4.64. The topological polar surface area (TPSA) is 117 Å². The quantitative estimate of drug-likeness (QED) is 0.562. The molecular weight excluding hydrogens is 293 g/mol. The van der Waals surface area contributed by atoms with Crippen molar-refractivity contribution in [1.29, 1.82) is 5.26 Å². The van der Waals surface area contributed by atoms with Crippen molar-refractivity contribution in [2.24, 2.45) is 5.10 Å². The van der Waals surface area contributed by atoms with E-state index in [-0.39, 0.29) is 0 Å². The first-order chi connectivity index (χ1) is 9.88. The second-order valence-corrected chi connectivity index (χ2v) is 5.53. The van der Waals surface area contributed by atoms with E-state index in [0.717, 1.165) is 18.7 Å². The maximum Gasteiger partial charge on any atom is 0.466 e. The van der Waals surface area contributed by atoms with Crippen LogP contribution in [-0.4, -0.2) is 39.0 Å². The number of rotatable bonds is 2. The zero-order valence-electron chi connectivity index (χ0n) is 11.5. The molecule has 1 aliphatic rings. The minimum absolute atomic E-state index is 0.690. The molecule has 2 rings (SSSR count). The van der Waals surface area contributed by atoms with Crippen molar-refractivity contribution in [3.05, 3.63) is 35.4 Å². The van der Waals surface area contributed by atoms with Gasteiger partial charge >= 0.3 is 7.82 Å². The van der Waals surface area contributed by atoms with Crippen LogP contribution in [0.2, 0.25) is 0 Å². The molecule has 8 heteroatoms. The van der Waals surface area contributed by atoms with Gasteiger partial charge in [-0.2, -0.15) is 10.4 Å². The molecule has 1 saturated heterocycles. The van der Waals surface area contributed by atoms with Crippen LogP contribution in [0.4, 0.5) is 0 Å². The summed E-state index contributed by atoms with van der Waals surface area (Å²) in [4.78, 5) is 21.6. The summed E-state index contributed by atoms with van der Waals surface area (Å²) in [6, 6.07) is 9.58. The largest absolute Gasteiger partial charge is 0.466 e. The fourth-order valence-corrected chi connectivity index (χ4v) is 1.78. The molecule has 1 aliphatic heterocycles. The van der Waals surface area contributed by atoms with Gasteiger partial charge in [0.1, 0.15) is 0 Å². The van der Waals surface area contributed by atoms with Crippen LogP contribution in [0, 0.1) is 11.3 Å². The van der Waals surface area contributed by atoms with E-state index < -0.39 is 7.82 Å². The average Bonchev–Trinajstić information content (AvgIpc) is 2.45. The standard InChI is InChI=1S/C13H15N3.H3O4P/c14-10-12-4-6-13(7-5-12)11-15-16-8-2-1-3-9-16;1-5(2,3)4/h4-7,11H,1-3,8-9H2;(H3,1,2,3,4). The fourth-order valence-electron chi connectivity index (χ4n) is 1.78. The third-order valence-corrected chi connectivity index (χ3v) is 2.74. The number of benzene rings is 1. The summed E-state index contributed by atoms with van der Waals surface area (Å²) in [6.07, 6.45) is 5.67. The van der Waals surface area contributed by atoms with Crippen LogP contribution < -0.4 is 0 Å². The molecule has 114 valence electrons. The van der Waals surface area contributed by atoms with Crippen LogP contribution in [0.1, 0.15) is 30.4 Å². The van der Waals surface area contributed by atoms with E-state index in [1.165, 1.54) is 19.3 Å². The first-order valence-electron chi connectivity index (χ1n) is 6.46. The Morgan fingerprint density at radius 2 is 1.67 bits per heavy atom. The summed E-state index contributed by atoms with van der Waals surface area (Å²) in [6.45, 7) is 2.12. The summed E-state index contributed by atoms with van der Waals surface area (Å²) < 4.78 is 8.88. The SMILES string of the molecule is N#Cc1ccc(C=NN2CCCCC2)cc1.O=P(O)(O)O. The van der Waals surface area contributed by atoms with E-state index in [9.17, 15) is 0 Å². The summed E-state index contributed by atoms with van der Waals surface area (Å²) >= 11 is 0. The monoisotopic (exact) mass is 311 g/mol. The highest BCUT2D eigenvalue weighted by Gasteiger charge is 2.05. The van der Waals surface area contributed by atoms with Crippen molar-refractivity contribution in [2.75, 3.05) is 13.1 Å². The number of piperidine rings is 1. The van der Waals surface area contributed by atoms with Crippen molar-refractivity contribution in [1.82, 2.24) is 5.01 Å². The molecule has 0 aromatic heterocycles. The lowest BCUT2D eigenvalue weighted by molar-refractivity contribution is 0.240. The van der Waals surface area contributed by atoms with Crippen molar-refractivity contribution in [2.45, 2.75) is 19.3 Å². The molecule has 1 aromatic carbocycles. The minimum Gasteiger partial charge on any atom is -0.303 e. The Bertz CT molecular complexity index is 533. The molecule has 0 atom stereocenters. The maximum atomic E-state index is 8.88. The number of phosphoric acid groups is 1. The van der Waals surface area contributed by atoms with Gasteiger partial charge in [0.15, 0.2) is 0 Å². The summed E-state index contributed by atoms with van der Waals surface area (Å²) in [7, 11) is -4.64. The van der Waals surface area contributed by atoms with Gasteiger partial charge in [0.2, 0.25) is 0 Å². The van der Waals surface area contributed by atoms with Crippen LogP contribution in [-0.2, 0) is 4.57 Å². The van der Waals surface area contributed by atoms with Gasteiger partial charge in [0.25, 0.3) is 0 Å². The lowest BCUT2D eigenvalue weighted by Crippen LogP contribution is -2.24. The highest BCUT2D eigenvalue weighted by molar-refractivity contribution is 7.45. The third-order valence-electron chi connectivity index (χ3n) is 2.74. The molecule has 0 amide bonds. The second kappa shape index (κ2) is 8.55. The summed E-state index contributed by atoms with van der Waals surface area (Å²) in [5, 5.41) is 15.2. The predicted octanol–water partition coefficient (Wildman–Crippen LogP) is 1.45. The third kappa shape index (κ3) is 8.95. The van der Waals surface area contributed by atoms with E-state index in [1.54, 1.807) is 0 Å².